The lowest BCUT2D eigenvalue weighted by molar-refractivity contribution is 0.528. The summed E-state index contributed by atoms with van der Waals surface area (Å²) >= 11 is 5.61. The third-order valence-corrected chi connectivity index (χ3v) is 2.29. The molecule has 0 spiro atoms. The van der Waals surface area contributed by atoms with Crippen molar-refractivity contribution < 1.29 is 8.81 Å². The number of halogens is 2. The van der Waals surface area contributed by atoms with Gasteiger partial charge in [0.25, 0.3) is 0 Å². The van der Waals surface area contributed by atoms with E-state index in [1.165, 1.54) is 12.1 Å². The normalized spacial score (nSPS) is 10.6. The van der Waals surface area contributed by atoms with Crippen LogP contribution in [-0.4, -0.2) is 4.98 Å². The molecule has 0 unspecified atom stereocenters. The minimum absolute atomic E-state index is 0.238. The van der Waals surface area contributed by atoms with Gasteiger partial charge in [-0.1, -0.05) is 0 Å². The average molecular weight is 226 g/mol. The lowest BCUT2D eigenvalue weighted by Crippen LogP contribution is -1.79. The van der Waals surface area contributed by atoms with Crippen molar-refractivity contribution in [2.24, 2.45) is 0 Å². The zero-order chi connectivity index (χ0) is 10.8. The SMILES string of the molecule is Cc1nc(CCl)oc1-c1ccc(F)cc1. The van der Waals surface area contributed by atoms with Gasteiger partial charge in [0.15, 0.2) is 5.76 Å². The summed E-state index contributed by atoms with van der Waals surface area (Å²) in [6.45, 7) is 1.83. The van der Waals surface area contributed by atoms with Gasteiger partial charge in [0, 0.05) is 5.56 Å². The van der Waals surface area contributed by atoms with Crippen LogP contribution in [0, 0.1) is 12.7 Å². The van der Waals surface area contributed by atoms with Crippen LogP contribution in [0.4, 0.5) is 4.39 Å². The van der Waals surface area contributed by atoms with Crippen LogP contribution in [0.3, 0.4) is 0 Å². The fraction of sp³-hybridized carbons (Fsp3) is 0.182. The maximum absolute atomic E-state index is 12.7. The predicted octanol–water partition coefficient (Wildman–Crippen LogP) is 3.53. The lowest BCUT2D eigenvalue weighted by atomic mass is 10.1. The Bertz CT molecular complexity index is 464. The van der Waals surface area contributed by atoms with Crippen LogP contribution in [0.1, 0.15) is 11.6 Å². The van der Waals surface area contributed by atoms with Crippen LogP contribution >= 0.6 is 11.6 Å². The van der Waals surface area contributed by atoms with Crippen molar-refractivity contribution >= 4 is 11.6 Å². The summed E-state index contributed by atoms with van der Waals surface area (Å²) < 4.78 is 18.1. The van der Waals surface area contributed by atoms with E-state index >= 15 is 0 Å². The smallest absolute Gasteiger partial charge is 0.210 e. The Kier molecular flexibility index (Phi) is 2.73. The summed E-state index contributed by atoms with van der Waals surface area (Å²) in [6, 6.07) is 6.08. The first kappa shape index (κ1) is 10.2. The van der Waals surface area contributed by atoms with Crippen molar-refractivity contribution in [1.82, 2.24) is 4.98 Å². The maximum Gasteiger partial charge on any atom is 0.210 e. The first-order valence-corrected chi connectivity index (χ1v) is 5.02. The minimum Gasteiger partial charge on any atom is -0.439 e. The molecule has 4 heteroatoms. The highest BCUT2D eigenvalue weighted by Gasteiger charge is 2.10. The van der Waals surface area contributed by atoms with Gasteiger partial charge >= 0.3 is 0 Å². The summed E-state index contributed by atoms with van der Waals surface area (Å²) in [4.78, 5) is 4.14. The summed E-state index contributed by atoms with van der Waals surface area (Å²) in [5.41, 5.74) is 1.56. The largest absolute Gasteiger partial charge is 0.439 e. The topological polar surface area (TPSA) is 26.0 Å². The van der Waals surface area contributed by atoms with E-state index in [2.05, 4.69) is 4.98 Å². The molecular weight excluding hydrogens is 217 g/mol. The second-order valence-electron chi connectivity index (χ2n) is 3.16. The number of hydrogen-bond acceptors (Lipinski definition) is 2. The number of hydrogen-bond donors (Lipinski definition) is 0. The van der Waals surface area contributed by atoms with E-state index in [1.54, 1.807) is 12.1 Å². The summed E-state index contributed by atoms with van der Waals surface area (Å²) in [7, 11) is 0. The first-order chi connectivity index (χ1) is 7.20. The molecule has 2 aromatic rings. The molecule has 0 N–H and O–H groups in total. The minimum atomic E-state index is -0.270. The molecule has 0 saturated heterocycles. The van der Waals surface area contributed by atoms with Crippen LogP contribution in [-0.2, 0) is 5.88 Å². The zero-order valence-corrected chi connectivity index (χ0v) is 8.88. The third-order valence-electron chi connectivity index (χ3n) is 2.06. The summed E-state index contributed by atoms with van der Waals surface area (Å²) in [5, 5.41) is 0. The molecular formula is C11H9ClFNO. The van der Waals surface area contributed by atoms with E-state index in [-0.39, 0.29) is 11.7 Å². The highest BCUT2D eigenvalue weighted by Crippen LogP contribution is 2.25. The van der Waals surface area contributed by atoms with Gasteiger partial charge in [-0.05, 0) is 31.2 Å². The van der Waals surface area contributed by atoms with Gasteiger partial charge in [-0.15, -0.1) is 11.6 Å². The van der Waals surface area contributed by atoms with E-state index in [4.69, 9.17) is 16.0 Å². The lowest BCUT2D eigenvalue weighted by Gasteiger charge is -1.96. The standard InChI is InChI=1S/C11H9ClFNO/c1-7-11(15-10(6-12)14-7)8-2-4-9(13)5-3-8/h2-5H,6H2,1H3. The number of rotatable bonds is 2. The number of benzene rings is 1. The molecule has 0 aliphatic carbocycles. The molecule has 1 heterocycles. The van der Waals surface area contributed by atoms with Crippen LogP contribution in [0.5, 0.6) is 0 Å². The van der Waals surface area contributed by atoms with Crippen molar-refractivity contribution in [3.63, 3.8) is 0 Å². The Hall–Kier alpha value is -1.35. The quantitative estimate of drug-likeness (QED) is 0.731. The Labute approximate surface area is 91.7 Å². The molecule has 78 valence electrons. The predicted molar refractivity (Wildman–Crippen MR) is 56.2 cm³/mol. The van der Waals surface area contributed by atoms with E-state index in [1.807, 2.05) is 6.92 Å². The number of oxazole rings is 1. The fourth-order valence-corrected chi connectivity index (χ4v) is 1.49. The number of nitrogens with zero attached hydrogens (tertiary/aromatic N) is 1. The van der Waals surface area contributed by atoms with Crippen molar-refractivity contribution in [2.75, 3.05) is 0 Å². The average Bonchev–Trinajstić information content (AvgIpc) is 2.61. The van der Waals surface area contributed by atoms with Crippen LogP contribution in [0.2, 0.25) is 0 Å². The van der Waals surface area contributed by atoms with E-state index in [0.717, 1.165) is 11.3 Å². The third kappa shape index (κ3) is 2.02. The van der Waals surface area contributed by atoms with Gasteiger partial charge in [-0.2, -0.15) is 0 Å². The second-order valence-corrected chi connectivity index (χ2v) is 3.43. The van der Waals surface area contributed by atoms with Crippen molar-refractivity contribution in [3.8, 4) is 11.3 Å². The second kappa shape index (κ2) is 4.03. The Morgan fingerprint density at radius 1 is 1.33 bits per heavy atom. The van der Waals surface area contributed by atoms with E-state index in [9.17, 15) is 4.39 Å². The molecule has 0 bridgehead atoms. The van der Waals surface area contributed by atoms with Crippen LogP contribution in [0.25, 0.3) is 11.3 Å². The summed E-state index contributed by atoms with van der Waals surface area (Å²) in [5.74, 6) is 1.09. The number of aromatic nitrogens is 1. The Balaban J connectivity index is 2.44. The Morgan fingerprint density at radius 2 is 2.00 bits per heavy atom. The highest BCUT2D eigenvalue weighted by molar-refractivity contribution is 6.16. The molecule has 0 fully saturated rings. The van der Waals surface area contributed by atoms with Crippen LogP contribution in [0.15, 0.2) is 28.7 Å². The maximum atomic E-state index is 12.7. The molecule has 1 aromatic heterocycles. The van der Waals surface area contributed by atoms with Crippen molar-refractivity contribution in [3.05, 3.63) is 41.7 Å². The molecule has 1 aromatic carbocycles. The van der Waals surface area contributed by atoms with Crippen molar-refractivity contribution in [1.29, 1.82) is 0 Å². The first-order valence-electron chi connectivity index (χ1n) is 4.49. The zero-order valence-electron chi connectivity index (χ0n) is 8.13. The van der Waals surface area contributed by atoms with Gasteiger partial charge < -0.3 is 4.42 Å². The molecule has 0 saturated carbocycles. The van der Waals surface area contributed by atoms with Gasteiger partial charge in [-0.25, -0.2) is 9.37 Å². The molecule has 15 heavy (non-hydrogen) atoms. The van der Waals surface area contributed by atoms with Gasteiger partial charge in [-0.3, -0.25) is 0 Å². The van der Waals surface area contributed by atoms with Crippen molar-refractivity contribution in [2.45, 2.75) is 12.8 Å². The van der Waals surface area contributed by atoms with Gasteiger partial charge in [0.2, 0.25) is 5.89 Å². The number of aryl methyl sites for hydroxylation is 1. The molecule has 2 rings (SSSR count). The van der Waals surface area contributed by atoms with Crippen LogP contribution < -0.4 is 0 Å². The molecule has 0 amide bonds. The van der Waals surface area contributed by atoms with E-state index in [0.29, 0.717) is 11.7 Å². The fourth-order valence-electron chi connectivity index (χ4n) is 1.38. The molecule has 2 nitrogen and oxygen atoms in total. The molecule has 0 aliphatic rings. The molecule has 0 atom stereocenters. The summed E-state index contributed by atoms with van der Waals surface area (Å²) in [6.07, 6.45) is 0. The Morgan fingerprint density at radius 3 is 2.53 bits per heavy atom. The van der Waals surface area contributed by atoms with Gasteiger partial charge in [0.1, 0.15) is 5.82 Å². The van der Waals surface area contributed by atoms with E-state index < -0.39 is 0 Å². The highest BCUT2D eigenvalue weighted by atomic mass is 35.5. The molecule has 0 aliphatic heterocycles. The molecule has 0 radical (unpaired) electrons. The van der Waals surface area contributed by atoms with Gasteiger partial charge in [0.05, 0.1) is 11.6 Å². The monoisotopic (exact) mass is 225 g/mol. The number of alkyl halides is 1.